The maximum Gasteiger partial charge on any atom is 0.342 e. The molecule has 0 saturated carbocycles. The molecule has 0 radical (unpaired) electrons. The van der Waals surface area contributed by atoms with Crippen LogP contribution in [0.25, 0.3) is 0 Å². The van der Waals surface area contributed by atoms with E-state index in [0.717, 1.165) is 11.8 Å². The fraction of sp³-hybridized carbons (Fsp3) is 0.150. The van der Waals surface area contributed by atoms with E-state index in [0.29, 0.717) is 5.69 Å². The number of carbonyl (C=O) groups excluding carboxylic acids is 2. The molecule has 156 valence electrons. The van der Waals surface area contributed by atoms with Crippen LogP contribution in [0.1, 0.15) is 33.2 Å². The second-order valence-corrected chi connectivity index (χ2v) is 7.93. The number of ether oxygens (including phenoxy) is 1. The van der Waals surface area contributed by atoms with Crippen LogP contribution >= 0.6 is 0 Å². The molecule has 0 unspecified atom stereocenters. The van der Waals surface area contributed by atoms with Crippen LogP contribution < -0.4 is 10.0 Å². The summed E-state index contributed by atoms with van der Waals surface area (Å²) in [6.45, 7) is 3.58. The van der Waals surface area contributed by atoms with Gasteiger partial charge in [0.2, 0.25) is 0 Å². The molecular formula is C20H20N4O5S. The van der Waals surface area contributed by atoms with Gasteiger partial charge in [-0.15, -0.1) is 0 Å². The molecule has 3 N–H and O–H groups in total. The van der Waals surface area contributed by atoms with E-state index >= 15 is 0 Å². The number of hydrogen-bond acceptors (Lipinski definition) is 6. The second kappa shape index (κ2) is 8.78. The van der Waals surface area contributed by atoms with Gasteiger partial charge in [0, 0.05) is 5.69 Å². The summed E-state index contributed by atoms with van der Waals surface area (Å²) >= 11 is 0. The van der Waals surface area contributed by atoms with Crippen LogP contribution in [-0.4, -0.2) is 37.1 Å². The summed E-state index contributed by atoms with van der Waals surface area (Å²) < 4.78 is 32.9. The molecule has 0 atom stereocenters. The smallest absolute Gasteiger partial charge is 0.342 e. The molecule has 0 spiro atoms. The minimum absolute atomic E-state index is 0.0482. The molecule has 0 aliphatic carbocycles. The second-order valence-electron chi connectivity index (χ2n) is 6.31. The number of amides is 1. The molecule has 0 fully saturated rings. The van der Waals surface area contributed by atoms with Crippen molar-refractivity contribution < 1.29 is 22.7 Å². The summed E-state index contributed by atoms with van der Waals surface area (Å²) in [6, 6.07) is 13.3. The van der Waals surface area contributed by atoms with Crippen LogP contribution in [0.5, 0.6) is 0 Å². The Hall–Kier alpha value is -3.66. The Morgan fingerprint density at radius 1 is 1.10 bits per heavy atom. The summed E-state index contributed by atoms with van der Waals surface area (Å²) in [6.07, 6.45) is 1.07. The van der Waals surface area contributed by atoms with Crippen LogP contribution in [0.15, 0.2) is 59.8 Å². The number of anilines is 2. The number of aryl methyl sites for hydroxylation is 1. The Morgan fingerprint density at radius 3 is 2.60 bits per heavy atom. The van der Waals surface area contributed by atoms with Gasteiger partial charge in [0.25, 0.3) is 15.9 Å². The van der Waals surface area contributed by atoms with Crippen LogP contribution in [0.4, 0.5) is 11.4 Å². The maximum absolute atomic E-state index is 12.8. The summed E-state index contributed by atoms with van der Waals surface area (Å²) in [5, 5.41) is 8.22. The summed E-state index contributed by atoms with van der Waals surface area (Å²) in [4.78, 5) is 24.7. The SMILES string of the molecule is CCOC(=O)c1cn[nH]c1S(=O)(=O)Nc1ccccc1C(=O)Nc1cccc(C)c1. The van der Waals surface area contributed by atoms with Gasteiger partial charge in [-0.2, -0.15) is 13.5 Å². The highest BCUT2D eigenvalue weighted by molar-refractivity contribution is 7.92. The van der Waals surface area contributed by atoms with Crippen molar-refractivity contribution in [3.63, 3.8) is 0 Å². The van der Waals surface area contributed by atoms with Gasteiger partial charge < -0.3 is 10.1 Å². The lowest BCUT2D eigenvalue weighted by Crippen LogP contribution is -2.20. The molecule has 3 aromatic rings. The summed E-state index contributed by atoms with van der Waals surface area (Å²) in [5.41, 5.74) is 1.47. The standard InChI is InChI=1S/C20H20N4O5S/c1-3-29-20(26)16-12-21-23-19(16)30(27,28)24-17-10-5-4-9-15(17)18(25)22-14-8-6-7-13(2)11-14/h4-12,24H,3H2,1-2H3,(H,21,23)(H,22,25). The maximum atomic E-state index is 12.8. The average molecular weight is 428 g/mol. The molecule has 0 bridgehead atoms. The predicted molar refractivity (Wildman–Crippen MR) is 111 cm³/mol. The van der Waals surface area contributed by atoms with E-state index in [1.54, 1.807) is 37.3 Å². The molecule has 9 nitrogen and oxygen atoms in total. The number of hydrogen-bond donors (Lipinski definition) is 3. The number of aromatic nitrogens is 2. The Bertz CT molecular complexity index is 1190. The van der Waals surface area contributed by atoms with Crippen LogP contribution in [0, 0.1) is 6.92 Å². The summed E-state index contributed by atoms with van der Waals surface area (Å²) in [7, 11) is -4.25. The number of nitrogens with one attached hydrogen (secondary N) is 3. The molecule has 0 aliphatic rings. The average Bonchev–Trinajstić information content (AvgIpc) is 3.19. The molecule has 1 amide bonds. The van der Waals surface area contributed by atoms with Gasteiger partial charge in [0.05, 0.1) is 24.1 Å². The van der Waals surface area contributed by atoms with Crippen LogP contribution in [0.2, 0.25) is 0 Å². The van der Waals surface area contributed by atoms with Crippen molar-refractivity contribution in [2.75, 3.05) is 16.6 Å². The Balaban J connectivity index is 1.89. The van der Waals surface area contributed by atoms with E-state index in [2.05, 4.69) is 20.2 Å². The lowest BCUT2D eigenvalue weighted by atomic mass is 10.1. The van der Waals surface area contributed by atoms with Crippen molar-refractivity contribution in [1.82, 2.24) is 10.2 Å². The van der Waals surface area contributed by atoms with Crippen molar-refractivity contribution in [2.45, 2.75) is 18.9 Å². The van der Waals surface area contributed by atoms with E-state index in [1.807, 2.05) is 13.0 Å². The number of rotatable bonds is 7. The van der Waals surface area contributed by atoms with Gasteiger partial charge in [-0.1, -0.05) is 24.3 Å². The number of aromatic amines is 1. The topological polar surface area (TPSA) is 130 Å². The van der Waals surface area contributed by atoms with Gasteiger partial charge >= 0.3 is 5.97 Å². The normalized spacial score (nSPS) is 11.0. The Morgan fingerprint density at radius 2 is 1.87 bits per heavy atom. The first kappa shape index (κ1) is 21.1. The van der Waals surface area contributed by atoms with Crippen molar-refractivity contribution in [2.24, 2.45) is 0 Å². The molecule has 1 aromatic heterocycles. The van der Waals surface area contributed by atoms with Gasteiger partial charge in [-0.05, 0) is 43.7 Å². The van der Waals surface area contributed by atoms with Gasteiger partial charge in [-0.3, -0.25) is 14.6 Å². The third-order valence-corrected chi connectivity index (χ3v) is 5.40. The molecule has 2 aromatic carbocycles. The zero-order valence-corrected chi connectivity index (χ0v) is 17.1. The van der Waals surface area contributed by atoms with E-state index in [1.165, 1.54) is 12.1 Å². The number of para-hydroxylation sites is 1. The number of nitrogens with zero attached hydrogens (tertiary/aromatic N) is 1. The Labute approximate surface area is 173 Å². The highest BCUT2D eigenvalue weighted by atomic mass is 32.2. The molecule has 30 heavy (non-hydrogen) atoms. The summed E-state index contributed by atoms with van der Waals surface area (Å²) in [5.74, 6) is -1.31. The van der Waals surface area contributed by atoms with Crippen molar-refractivity contribution in [1.29, 1.82) is 0 Å². The number of benzene rings is 2. The fourth-order valence-electron chi connectivity index (χ4n) is 2.72. The van der Waals surface area contributed by atoms with E-state index in [4.69, 9.17) is 4.74 Å². The largest absolute Gasteiger partial charge is 0.462 e. The minimum Gasteiger partial charge on any atom is -0.462 e. The first-order chi connectivity index (χ1) is 14.3. The van der Waals surface area contributed by atoms with Crippen LogP contribution in [0.3, 0.4) is 0 Å². The molecule has 0 aliphatic heterocycles. The van der Waals surface area contributed by atoms with Crippen molar-refractivity contribution >= 4 is 33.3 Å². The first-order valence-electron chi connectivity index (χ1n) is 9.02. The predicted octanol–water partition coefficient (Wildman–Crippen LogP) is 2.95. The third-order valence-electron chi connectivity index (χ3n) is 4.06. The minimum atomic E-state index is -4.25. The lowest BCUT2D eigenvalue weighted by molar-refractivity contribution is 0.0521. The number of carbonyl (C=O) groups is 2. The Kier molecular flexibility index (Phi) is 6.17. The van der Waals surface area contributed by atoms with Crippen molar-refractivity contribution in [3.8, 4) is 0 Å². The molecule has 3 rings (SSSR count). The molecular weight excluding hydrogens is 408 g/mol. The number of H-pyrrole nitrogens is 1. The van der Waals surface area contributed by atoms with E-state index < -0.39 is 26.9 Å². The van der Waals surface area contributed by atoms with E-state index in [9.17, 15) is 18.0 Å². The van der Waals surface area contributed by atoms with E-state index in [-0.39, 0.29) is 23.4 Å². The zero-order chi connectivity index (χ0) is 21.7. The lowest BCUT2D eigenvalue weighted by Gasteiger charge is -2.13. The molecule has 0 saturated heterocycles. The molecule has 10 heteroatoms. The van der Waals surface area contributed by atoms with Gasteiger partial charge in [0.1, 0.15) is 5.56 Å². The first-order valence-corrected chi connectivity index (χ1v) is 10.5. The fourth-order valence-corrected chi connectivity index (χ4v) is 3.89. The zero-order valence-electron chi connectivity index (χ0n) is 16.3. The number of esters is 1. The third kappa shape index (κ3) is 4.66. The highest BCUT2D eigenvalue weighted by Gasteiger charge is 2.27. The van der Waals surface area contributed by atoms with Gasteiger partial charge in [0.15, 0.2) is 5.03 Å². The van der Waals surface area contributed by atoms with Gasteiger partial charge in [-0.25, -0.2) is 4.79 Å². The monoisotopic (exact) mass is 428 g/mol. The van der Waals surface area contributed by atoms with Crippen molar-refractivity contribution in [3.05, 3.63) is 71.4 Å². The highest BCUT2D eigenvalue weighted by Crippen LogP contribution is 2.23. The quantitative estimate of drug-likeness (QED) is 0.496. The number of sulfonamides is 1. The molecule has 1 heterocycles. The van der Waals surface area contributed by atoms with Crippen LogP contribution in [-0.2, 0) is 14.8 Å².